The van der Waals surface area contributed by atoms with Crippen LogP contribution < -0.4 is 10.1 Å². The van der Waals surface area contributed by atoms with Crippen LogP contribution in [0.25, 0.3) is 10.9 Å². The fourth-order valence-corrected chi connectivity index (χ4v) is 3.40. The van der Waals surface area contributed by atoms with Crippen molar-refractivity contribution in [3.8, 4) is 5.75 Å². The molecule has 4 aromatic rings. The molecular weight excluding hydrogens is 420 g/mol. The third-order valence-corrected chi connectivity index (χ3v) is 5.20. The molecule has 7 nitrogen and oxygen atoms in total. The Morgan fingerprint density at radius 2 is 1.61 bits per heavy atom. The second-order valence-electron chi connectivity index (χ2n) is 7.63. The number of hydrogen-bond donors (Lipinski definition) is 3. The molecule has 7 heteroatoms. The summed E-state index contributed by atoms with van der Waals surface area (Å²) in [5, 5.41) is 12.9. The highest BCUT2D eigenvalue weighted by Gasteiger charge is 2.21. The first-order valence-corrected chi connectivity index (χ1v) is 10.5. The van der Waals surface area contributed by atoms with Crippen LogP contribution in [0.4, 0.5) is 4.79 Å². The van der Waals surface area contributed by atoms with E-state index in [9.17, 15) is 14.7 Å². The van der Waals surface area contributed by atoms with E-state index in [2.05, 4.69) is 10.3 Å². The lowest BCUT2D eigenvalue weighted by atomic mass is 10.1. The maximum Gasteiger partial charge on any atom is 0.408 e. The number of alkyl carbamates (subject to hydrolysis) is 1. The van der Waals surface area contributed by atoms with Crippen LogP contribution in [-0.2, 0) is 29.2 Å². The van der Waals surface area contributed by atoms with Gasteiger partial charge >= 0.3 is 12.1 Å². The number of aromatic nitrogens is 1. The van der Waals surface area contributed by atoms with E-state index < -0.39 is 18.1 Å². The summed E-state index contributed by atoms with van der Waals surface area (Å²) in [5.74, 6) is -0.328. The van der Waals surface area contributed by atoms with Gasteiger partial charge in [0.1, 0.15) is 25.0 Å². The number of ether oxygens (including phenoxy) is 2. The van der Waals surface area contributed by atoms with Crippen molar-refractivity contribution in [2.45, 2.75) is 25.7 Å². The molecule has 4 rings (SSSR count). The van der Waals surface area contributed by atoms with Crippen LogP contribution in [0.15, 0.2) is 85.1 Å². The number of carboxylic acids is 1. The van der Waals surface area contributed by atoms with Crippen LogP contribution in [0, 0.1) is 0 Å². The molecule has 0 aliphatic carbocycles. The number of amides is 1. The van der Waals surface area contributed by atoms with Crippen LogP contribution >= 0.6 is 0 Å². The van der Waals surface area contributed by atoms with E-state index in [1.807, 2.05) is 85.1 Å². The standard InChI is InChI=1S/C26H24N2O5/c29-25(30)24(14-18-4-2-1-3-5-18)28-26(31)33-17-20-8-6-19(7-9-20)16-32-22-10-11-23-21(15-22)12-13-27-23/h1-13,15,24,27H,14,16-17H2,(H,28,31)(H,29,30). The number of carbonyl (C=O) groups is 2. The van der Waals surface area contributed by atoms with Crippen molar-refractivity contribution in [2.75, 3.05) is 0 Å². The number of aliphatic carboxylic acids is 1. The fraction of sp³-hybridized carbons (Fsp3) is 0.154. The first-order valence-electron chi connectivity index (χ1n) is 10.5. The Hall–Kier alpha value is -4.26. The minimum absolute atomic E-state index is 0.0365. The van der Waals surface area contributed by atoms with Crippen LogP contribution in [0.5, 0.6) is 5.75 Å². The third kappa shape index (κ3) is 6.13. The molecule has 3 N–H and O–H groups in total. The Balaban J connectivity index is 1.25. The zero-order chi connectivity index (χ0) is 23.0. The van der Waals surface area contributed by atoms with E-state index >= 15 is 0 Å². The summed E-state index contributed by atoms with van der Waals surface area (Å²) in [6, 6.07) is 23.4. The Kier molecular flexibility index (Phi) is 6.90. The largest absolute Gasteiger partial charge is 0.489 e. The van der Waals surface area contributed by atoms with Crippen molar-refractivity contribution in [3.05, 3.63) is 102 Å². The number of carbonyl (C=O) groups excluding carboxylic acids is 1. The van der Waals surface area contributed by atoms with Gasteiger partial charge in [-0.05, 0) is 41.0 Å². The van der Waals surface area contributed by atoms with Crippen LogP contribution in [-0.4, -0.2) is 28.2 Å². The smallest absolute Gasteiger partial charge is 0.408 e. The molecule has 1 atom stereocenters. The average molecular weight is 444 g/mol. The summed E-state index contributed by atoms with van der Waals surface area (Å²) in [6.45, 7) is 0.451. The van der Waals surface area contributed by atoms with Crippen molar-refractivity contribution >= 4 is 23.0 Å². The van der Waals surface area contributed by atoms with Crippen molar-refractivity contribution in [1.82, 2.24) is 10.3 Å². The summed E-state index contributed by atoms with van der Waals surface area (Å²) in [7, 11) is 0. The highest BCUT2D eigenvalue weighted by molar-refractivity contribution is 5.81. The second kappa shape index (κ2) is 10.4. The number of aromatic amines is 1. The summed E-state index contributed by atoms with van der Waals surface area (Å²) in [4.78, 5) is 26.7. The van der Waals surface area contributed by atoms with E-state index in [0.717, 1.165) is 33.3 Å². The molecule has 1 amide bonds. The van der Waals surface area contributed by atoms with Gasteiger partial charge in [-0.25, -0.2) is 9.59 Å². The Labute approximate surface area is 191 Å². The van der Waals surface area contributed by atoms with Gasteiger partial charge in [-0.1, -0.05) is 54.6 Å². The van der Waals surface area contributed by atoms with Gasteiger partial charge in [0, 0.05) is 23.5 Å². The highest BCUT2D eigenvalue weighted by atomic mass is 16.5. The monoisotopic (exact) mass is 444 g/mol. The summed E-state index contributed by atoms with van der Waals surface area (Å²) in [6.07, 6.45) is 1.29. The van der Waals surface area contributed by atoms with Gasteiger partial charge in [0.15, 0.2) is 0 Å². The normalized spacial score (nSPS) is 11.6. The average Bonchev–Trinajstić information content (AvgIpc) is 3.30. The predicted molar refractivity (Wildman–Crippen MR) is 124 cm³/mol. The molecule has 0 saturated carbocycles. The van der Waals surface area contributed by atoms with Crippen molar-refractivity contribution in [1.29, 1.82) is 0 Å². The SMILES string of the molecule is O=C(NC(Cc1ccccc1)C(=O)O)OCc1ccc(COc2ccc3[nH]ccc3c2)cc1. The van der Waals surface area contributed by atoms with Gasteiger partial charge < -0.3 is 24.9 Å². The van der Waals surface area contributed by atoms with Crippen molar-refractivity contribution in [3.63, 3.8) is 0 Å². The Bertz CT molecular complexity index is 1220. The van der Waals surface area contributed by atoms with E-state index in [4.69, 9.17) is 9.47 Å². The number of carboxylic acid groups (broad SMARTS) is 1. The molecule has 0 spiro atoms. The lowest BCUT2D eigenvalue weighted by Gasteiger charge is -2.15. The van der Waals surface area contributed by atoms with Crippen LogP contribution in [0.3, 0.4) is 0 Å². The second-order valence-corrected chi connectivity index (χ2v) is 7.63. The topological polar surface area (TPSA) is 101 Å². The maximum absolute atomic E-state index is 12.1. The number of benzene rings is 3. The number of nitrogens with one attached hydrogen (secondary N) is 2. The number of hydrogen-bond acceptors (Lipinski definition) is 4. The molecule has 0 aliphatic rings. The summed E-state index contributed by atoms with van der Waals surface area (Å²) < 4.78 is 11.1. The van der Waals surface area contributed by atoms with E-state index in [1.165, 1.54) is 0 Å². The van der Waals surface area contributed by atoms with Gasteiger partial charge in [0.25, 0.3) is 0 Å². The zero-order valence-corrected chi connectivity index (χ0v) is 17.9. The van der Waals surface area contributed by atoms with Crippen molar-refractivity contribution < 1.29 is 24.2 Å². The minimum Gasteiger partial charge on any atom is -0.489 e. The molecule has 1 heterocycles. The molecule has 1 aromatic heterocycles. The molecule has 0 saturated heterocycles. The fourth-order valence-electron chi connectivity index (χ4n) is 3.40. The maximum atomic E-state index is 12.1. The molecule has 168 valence electrons. The summed E-state index contributed by atoms with van der Waals surface area (Å²) in [5.41, 5.74) is 3.64. The Morgan fingerprint density at radius 3 is 2.33 bits per heavy atom. The molecule has 3 aromatic carbocycles. The molecule has 0 radical (unpaired) electrons. The first-order chi connectivity index (χ1) is 16.1. The van der Waals surface area contributed by atoms with E-state index in [1.54, 1.807) is 0 Å². The van der Waals surface area contributed by atoms with Gasteiger partial charge in [-0.3, -0.25) is 0 Å². The lowest BCUT2D eigenvalue weighted by Crippen LogP contribution is -2.42. The van der Waals surface area contributed by atoms with E-state index in [-0.39, 0.29) is 13.0 Å². The molecule has 0 bridgehead atoms. The lowest BCUT2D eigenvalue weighted by molar-refractivity contribution is -0.139. The molecule has 1 unspecified atom stereocenters. The first kappa shape index (κ1) is 22.0. The minimum atomic E-state index is -1.11. The number of H-pyrrole nitrogens is 1. The van der Waals surface area contributed by atoms with Gasteiger partial charge in [-0.2, -0.15) is 0 Å². The number of fused-ring (bicyclic) bond motifs is 1. The van der Waals surface area contributed by atoms with Crippen LogP contribution in [0.1, 0.15) is 16.7 Å². The van der Waals surface area contributed by atoms with Gasteiger partial charge in [0.05, 0.1) is 0 Å². The van der Waals surface area contributed by atoms with Crippen molar-refractivity contribution in [2.24, 2.45) is 0 Å². The van der Waals surface area contributed by atoms with E-state index in [0.29, 0.717) is 6.61 Å². The summed E-state index contributed by atoms with van der Waals surface area (Å²) >= 11 is 0. The predicted octanol–water partition coefficient (Wildman–Crippen LogP) is 4.67. The van der Waals surface area contributed by atoms with Crippen LogP contribution in [0.2, 0.25) is 0 Å². The quantitative estimate of drug-likeness (QED) is 0.348. The zero-order valence-electron chi connectivity index (χ0n) is 17.9. The third-order valence-electron chi connectivity index (χ3n) is 5.20. The highest BCUT2D eigenvalue weighted by Crippen LogP contribution is 2.20. The molecule has 0 fully saturated rings. The Morgan fingerprint density at radius 1 is 0.879 bits per heavy atom. The molecular formula is C26H24N2O5. The molecule has 0 aliphatic heterocycles. The van der Waals surface area contributed by atoms with Gasteiger partial charge in [-0.15, -0.1) is 0 Å². The van der Waals surface area contributed by atoms with Gasteiger partial charge in [0.2, 0.25) is 0 Å². The number of rotatable bonds is 9. The molecule has 33 heavy (non-hydrogen) atoms.